The minimum atomic E-state index is 0. The Kier molecular flexibility index (Phi) is 8.74. The third-order valence-electron chi connectivity index (χ3n) is 1.17. The van der Waals surface area contributed by atoms with Gasteiger partial charge >= 0.3 is 21.1 Å². The van der Waals surface area contributed by atoms with Gasteiger partial charge in [0, 0.05) is 6.04 Å². The SMILES string of the molecule is CC(C)Nc1cc[c-]cc1.[CH3-].[W+2]. The average Bonchev–Trinajstić information content (AvgIpc) is 1.88. The first-order chi connectivity index (χ1) is 4.79. The quantitative estimate of drug-likeness (QED) is 0.821. The van der Waals surface area contributed by atoms with Crippen LogP contribution in [0, 0.1) is 13.5 Å². The minimum absolute atomic E-state index is 0. The molecule has 12 heavy (non-hydrogen) atoms. The fourth-order valence-electron chi connectivity index (χ4n) is 0.816. The molecule has 0 bridgehead atoms. The van der Waals surface area contributed by atoms with Gasteiger partial charge in [0.1, 0.15) is 0 Å². The van der Waals surface area contributed by atoms with Gasteiger partial charge in [-0.05, 0) is 13.8 Å². The first-order valence-corrected chi connectivity index (χ1v) is 3.51. The van der Waals surface area contributed by atoms with Gasteiger partial charge in [-0.1, -0.05) is 5.69 Å². The van der Waals surface area contributed by atoms with E-state index in [1.165, 1.54) is 0 Å². The molecule has 0 aromatic heterocycles. The molecule has 0 atom stereocenters. The minimum Gasteiger partial charge on any atom is -0.404 e. The summed E-state index contributed by atoms with van der Waals surface area (Å²) in [6.45, 7) is 4.24. The van der Waals surface area contributed by atoms with Crippen molar-refractivity contribution in [2.75, 3.05) is 5.32 Å². The summed E-state index contributed by atoms with van der Waals surface area (Å²) in [4.78, 5) is 0. The predicted molar refractivity (Wildman–Crippen MR) is 50.5 cm³/mol. The number of benzene rings is 1. The molecule has 1 aromatic rings. The van der Waals surface area contributed by atoms with Crippen molar-refractivity contribution in [2.45, 2.75) is 19.9 Å². The van der Waals surface area contributed by atoms with Gasteiger partial charge in [0.2, 0.25) is 0 Å². The number of hydrogen-bond donors (Lipinski definition) is 1. The van der Waals surface area contributed by atoms with E-state index in [0.29, 0.717) is 6.04 Å². The van der Waals surface area contributed by atoms with Gasteiger partial charge in [0.05, 0.1) is 0 Å². The van der Waals surface area contributed by atoms with Gasteiger partial charge < -0.3 is 12.7 Å². The van der Waals surface area contributed by atoms with Crippen LogP contribution in [-0.4, -0.2) is 6.04 Å². The van der Waals surface area contributed by atoms with Crippen LogP contribution >= 0.6 is 0 Å². The molecule has 0 aliphatic rings. The summed E-state index contributed by atoms with van der Waals surface area (Å²) in [5.74, 6) is 0. The molecule has 1 N–H and O–H groups in total. The standard InChI is InChI=1S/C9H12N.CH3.W/c1-8(2)10-9-6-4-3-5-7-9;;/h4-8,10H,1-2H3;1H3;/q2*-1;+2. The Labute approximate surface area is 89.8 Å². The van der Waals surface area contributed by atoms with E-state index in [0.717, 1.165) is 5.69 Å². The van der Waals surface area contributed by atoms with Gasteiger partial charge in [-0.2, -0.15) is 18.2 Å². The van der Waals surface area contributed by atoms with Crippen LogP contribution in [0.3, 0.4) is 0 Å². The zero-order chi connectivity index (χ0) is 7.40. The zero-order valence-corrected chi connectivity index (χ0v) is 10.7. The fourth-order valence-corrected chi connectivity index (χ4v) is 0.816. The second-order valence-electron chi connectivity index (χ2n) is 2.59. The summed E-state index contributed by atoms with van der Waals surface area (Å²) in [6, 6.07) is 11.3. The van der Waals surface area contributed by atoms with Crippen LogP contribution in [-0.2, 0) is 21.1 Å². The van der Waals surface area contributed by atoms with Crippen LogP contribution < -0.4 is 5.32 Å². The van der Waals surface area contributed by atoms with Crippen LogP contribution in [0.15, 0.2) is 24.3 Å². The topological polar surface area (TPSA) is 12.0 Å². The molecular formula is C10H15NW. The molecule has 0 saturated heterocycles. The number of rotatable bonds is 2. The Balaban J connectivity index is 0. The van der Waals surface area contributed by atoms with Crippen molar-refractivity contribution in [3.63, 3.8) is 0 Å². The molecule has 0 aliphatic heterocycles. The third kappa shape index (κ3) is 5.37. The van der Waals surface area contributed by atoms with Crippen LogP contribution in [0.1, 0.15) is 13.8 Å². The van der Waals surface area contributed by atoms with Crippen LogP contribution in [0.25, 0.3) is 0 Å². The Morgan fingerprint density at radius 2 is 1.75 bits per heavy atom. The maximum atomic E-state index is 3.28. The largest absolute Gasteiger partial charge is 2.00 e. The van der Waals surface area contributed by atoms with Crippen molar-refractivity contribution in [3.8, 4) is 0 Å². The summed E-state index contributed by atoms with van der Waals surface area (Å²) in [5, 5.41) is 3.28. The van der Waals surface area contributed by atoms with Crippen molar-refractivity contribution in [3.05, 3.63) is 37.8 Å². The maximum absolute atomic E-state index is 3.28. The normalized spacial score (nSPS) is 8.25. The number of hydrogen-bond acceptors (Lipinski definition) is 1. The Hall–Kier alpha value is -0.292. The molecule has 2 heteroatoms. The third-order valence-corrected chi connectivity index (χ3v) is 1.17. The van der Waals surface area contributed by atoms with Gasteiger partial charge in [-0.15, -0.1) is 12.1 Å². The van der Waals surface area contributed by atoms with Gasteiger partial charge in [0.15, 0.2) is 0 Å². The Morgan fingerprint density at radius 1 is 1.25 bits per heavy atom. The molecule has 1 nitrogen and oxygen atoms in total. The van der Waals surface area contributed by atoms with Gasteiger partial charge in [-0.25, -0.2) is 0 Å². The summed E-state index contributed by atoms with van der Waals surface area (Å²) >= 11 is 0. The molecule has 0 aliphatic carbocycles. The van der Waals surface area contributed by atoms with E-state index in [-0.39, 0.29) is 28.5 Å². The number of anilines is 1. The monoisotopic (exact) mass is 333 g/mol. The first-order valence-electron chi connectivity index (χ1n) is 3.51. The second kappa shape index (κ2) is 7.36. The summed E-state index contributed by atoms with van der Waals surface area (Å²) in [6.07, 6.45) is 0. The van der Waals surface area contributed by atoms with Crippen LogP contribution in [0.2, 0.25) is 0 Å². The summed E-state index contributed by atoms with van der Waals surface area (Å²) < 4.78 is 0. The second-order valence-corrected chi connectivity index (χ2v) is 2.59. The predicted octanol–water partition coefficient (Wildman–Crippen LogP) is 2.75. The molecule has 0 unspecified atom stereocenters. The molecule has 0 heterocycles. The molecule has 1 rings (SSSR count). The molecule has 0 amide bonds. The molecule has 0 spiro atoms. The van der Waals surface area contributed by atoms with E-state index in [9.17, 15) is 0 Å². The van der Waals surface area contributed by atoms with Crippen LogP contribution in [0.4, 0.5) is 5.69 Å². The van der Waals surface area contributed by atoms with E-state index in [2.05, 4.69) is 25.2 Å². The van der Waals surface area contributed by atoms with Crippen molar-refractivity contribution in [2.24, 2.45) is 0 Å². The maximum Gasteiger partial charge on any atom is 2.00 e. The molecule has 0 saturated carbocycles. The Morgan fingerprint density at radius 3 is 2.17 bits per heavy atom. The molecular weight excluding hydrogens is 318 g/mol. The molecule has 1 aromatic carbocycles. The van der Waals surface area contributed by atoms with Crippen molar-refractivity contribution in [1.82, 2.24) is 0 Å². The van der Waals surface area contributed by atoms with E-state index in [1.807, 2.05) is 24.3 Å². The van der Waals surface area contributed by atoms with E-state index < -0.39 is 0 Å². The van der Waals surface area contributed by atoms with E-state index in [1.54, 1.807) is 0 Å². The smallest absolute Gasteiger partial charge is 0.404 e. The molecule has 0 fully saturated rings. The molecule has 66 valence electrons. The first kappa shape index (κ1) is 14.2. The van der Waals surface area contributed by atoms with Crippen molar-refractivity contribution in [1.29, 1.82) is 0 Å². The fraction of sp³-hybridized carbons (Fsp3) is 0.300. The van der Waals surface area contributed by atoms with Crippen molar-refractivity contribution >= 4 is 5.69 Å². The summed E-state index contributed by atoms with van der Waals surface area (Å²) in [5.41, 5.74) is 1.16. The zero-order valence-electron chi connectivity index (χ0n) is 7.79. The van der Waals surface area contributed by atoms with Crippen molar-refractivity contribution < 1.29 is 21.1 Å². The molecule has 0 radical (unpaired) electrons. The van der Waals surface area contributed by atoms with E-state index in [4.69, 9.17) is 0 Å². The average molecular weight is 333 g/mol. The van der Waals surface area contributed by atoms with Gasteiger partial charge in [-0.3, -0.25) is 0 Å². The Bertz CT molecular complexity index is 184. The van der Waals surface area contributed by atoms with E-state index >= 15 is 0 Å². The van der Waals surface area contributed by atoms with Crippen LogP contribution in [0.5, 0.6) is 0 Å². The number of nitrogens with one attached hydrogen (secondary N) is 1. The van der Waals surface area contributed by atoms with Gasteiger partial charge in [0.25, 0.3) is 0 Å². The summed E-state index contributed by atoms with van der Waals surface area (Å²) in [7, 11) is 0.